The van der Waals surface area contributed by atoms with E-state index in [1.165, 1.54) is 17.8 Å². The Kier molecular flexibility index (Phi) is 2.94. The maximum Gasteiger partial charge on any atom is 0.184 e. The minimum Gasteiger partial charge on any atom is -0.375 e. The third kappa shape index (κ3) is 1.88. The van der Waals surface area contributed by atoms with E-state index in [-0.39, 0.29) is 10.2 Å². The van der Waals surface area contributed by atoms with Gasteiger partial charge < -0.3 is 11.5 Å². The van der Waals surface area contributed by atoms with Crippen molar-refractivity contribution in [3.05, 3.63) is 0 Å². The summed E-state index contributed by atoms with van der Waals surface area (Å²) in [5.41, 5.74) is 18.9. The quantitative estimate of drug-likeness (QED) is 0.430. The van der Waals surface area contributed by atoms with Gasteiger partial charge in [-0.1, -0.05) is 0 Å². The fraction of sp³-hybridized carbons (Fsp3) is 0.692. The van der Waals surface area contributed by atoms with Gasteiger partial charge in [-0.2, -0.15) is 10.2 Å². The molecule has 0 aromatic carbocycles. The Hall–Kier alpha value is -1.28. The zero-order valence-corrected chi connectivity index (χ0v) is 13.1. The average molecular weight is 322 g/mol. The predicted octanol–water partition coefficient (Wildman–Crippen LogP) is 0.287. The van der Waals surface area contributed by atoms with Crippen LogP contribution in [0.3, 0.4) is 0 Å². The minimum absolute atomic E-state index is 0.227. The van der Waals surface area contributed by atoms with Crippen LogP contribution < -0.4 is 22.3 Å². The van der Waals surface area contributed by atoms with Crippen molar-refractivity contribution in [3.8, 4) is 0 Å². The van der Waals surface area contributed by atoms with E-state index in [4.69, 9.17) is 35.9 Å². The summed E-state index contributed by atoms with van der Waals surface area (Å²) in [5.74, 6) is 4.00. The molecule has 6 nitrogen and oxygen atoms in total. The van der Waals surface area contributed by atoms with Crippen molar-refractivity contribution in [1.82, 2.24) is 10.9 Å². The number of hydrazone groups is 2. The molecule has 0 aromatic rings. The first-order valence-corrected chi connectivity index (χ1v) is 8.11. The van der Waals surface area contributed by atoms with Crippen LogP contribution >= 0.6 is 24.4 Å². The molecule has 0 saturated heterocycles. The number of thiocarbonyl (C=S) groups is 2. The molecule has 4 aliphatic rings. The first-order chi connectivity index (χ1) is 10.1. The molecule has 0 radical (unpaired) electrons. The number of hydrogen-bond acceptors (Lipinski definition) is 4. The van der Waals surface area contributed by atoms with Gasteiger partial charge in [-0.05, 0) is 67.4 Å². The Morgan fingerprint density at radius 3 is 1.67 bits per heavy atom. The molecule has 0 aromatic heterocycles. The van der Waals surface area contributed by atoms with E-state index in [0.717, 1.165) is 36.5 Å². The largest absolute Gasteiger partial charge is 0.375 e. The minimum atomic E-state index is 0.227. The fourth-order valence-electron chi connectivity index (χ4n) is 5.42. The van der Waals surface area contributed by atoms with Gasteiger partial charge in [0.25, 0.3) is 0 Å². The van der Waals surface area contributed by atoms with Crippen molar-refractivity contribution < 1.29 is 0 Å². The Balaban J connectivity index is 1.63. The third-order valence-electron chi connectivity index (χ3n) is 5.78. The Labute approximate surface area is 133 Å². The molecule has 6 unspecified atom stereocenters. The highest BCUT2D eigenvalue weighted by molar-refractivity contribution is 7.80. The van der Waals surface area contributed by atoms with Crippen LogP contribution in [-0.2, 0) is 0 Å². The maximum atomic E-state index is 5.49. The van der Waals surface area contributed by atoms with Crippen molar-refractivity contribution in [3.63, 3.8) is 0 Å². The summed E-state index contributed by atoms with van der Waals surface area (Å²) >= 11 is 9.70. The summed E-state index contributed by atoms with van der Waals surface area (Å²) in [6.45, 7) is 0. The normalized spacial score (nSPS) is 45.5. The van der Waals surface area contributed by atoms with E-state index >= 15 is 0 Å². The number of nitrogens with zero attached hydrogens (tertiary/aromatic N) is 2. The zero-order valence-electron chi connectivity index (χ0n) is 11.5. The second-order valence-corrected chi connectivity index (χ2v) is 7.39. The van der Waals surface area contributed by atoms with Crippen LogP contribution in [0.5, 0.6) is 0 Å². The van der Waals surface area contributed by atoms with Crippen LogP contribution in [-0.4, -0.2) is 21.6 Å². The van der Waals surface area contributed by atoms with Gasteiger partial charge in [0, 0.05) is 23.3 Å². The van der Waals surface area contributed by atoms with Gasteiger partial charge in [0.15, 0.2) is 10.2 Å². The molecule has 21 heavy (non-hydrogen) atoms. The van der Waals surface area contributed by atoms with Gasteiger partial charge in [-0.3, -0.25) is 10.9 Å². The van der Waals surface area contributed by atoms with Crippen LogP contribution in [0.25, 0.3) is 0 Å². The summed E-state index contributed by atoms with van der Waals surface area (Å²) in [4.78, 5) is 0. The maximum absolute atomic E-state index is 5.49. The molecule has 6 N–H and O–H groups in total. The Bertz CT molecular complexity index is 531. The molecule has 4 aliphatic carbocycles. The first-order valence-electron chi connectivity index (χ1n) is 7.30. The molecule has 8 heteroatoms. The van der Waals surface area contributed by atoms with Crippen LogP contribution in [0.15, 0.2) is 10.2 Å². The zero-order chi connectivity index (χ0) is 14.7. The van der Waals surface area contributed by atoms with E-state index in [9.17, 15) is 0 Å². The number of nitrogens with one attached hydrogen (secondary N) is 2. The van der Waals surface area contributed by atoms with Crippen LogP contribution in [0.4, 0.5) is 0 Å². The fourth-order valence-corrected chi connectivity index (χ4v) is 5.51. The second kappa shape index (κ2) is 4.61. The molecule has 0 aliphatic heterocycles. The highest BCUT2D eigenvalue weighted by atomic mass is 32.1. The number of rotatable bonds is 2. The van der Waals surface area contributed by atoms with Gasteiger partial charge in [-0.25, -0.2) is 0 Å². The van der Waals surface area contributed by atoms with Crippen molar-refractivity contribution in [2.45, 2.75) is 19.3 Å². The summed E-state index contributed by atoms with van der Waals surface area (Å²) in [6, 6.07) is 0. The van der Waals surface area contributed by atoms with Gasteiger partial charge in [0.2, 0.25) is 0 Å². The highest BCUT2D eigenvalue weighted by Crippen LogP contribution is 2.68. The third-order valence-corrected chi connectivity index (χ3v) is 5.96. The van der Waals surface area contributed by atoms with E-state index in [1.807, 2.05) is 0 Å². The summed E-state index contributed by atoms with van der Waals surface area (Å²) in [6.07, 6.45) is 3.47. The van der Waals surface area contributed by atoms with Gasteiger partial charge in [-0.15, -0.1) is 0 Å². The first kappa shape index (κ1) is 13.4. The molecule has 0 heterocycles. The summed E-state index contributed by atoms with van der Waals surface area (Å²) in [5, 5.41) is 9.39. The lowest BCUT2D eigenvalue weighted by atomic mass is 9.79. The smallest absolute Gasteiger partial charge is 0.184 e. The SMILES string of the molecule is NC(=S)N/N=C1/CC2C3C/C(=N/NC(N)=S)C4C3CC2C14. The van der Waals surface area contributed by atoms with Gasteiger partial charge in [0.1, 0.15) is 0 Å². The molecule has 0 spiro atoms. The topological polar surface area (TPSA) is 101 Å². The molecular formula is C13H18N6S2. The molecule has 4 saturated carbocycles. The average Bonchev–Trinajstić information content (AvgIpc) is 3.03. The van der Waals surface area contributed by atoms with Crippen LogP contribution in [0.2, 0.25) is 0 Å². The monoisotopic (exact) mass is 322 g/mol. The lowest BCUT2D eigenvalue weighted by Crippen LogP contribution is -2.31. The summed E-state index contributed by atoms with van der Waals surface area (Å²) < 4.78 is 0. The van der Waals surface area contributed by atoms with Gasteiger partial charge in [0.05, 0.1) is 0 Å². The molecule has 4 rings (SSSR count). The number of hydrogen-bond donors (Lipinski definition) is 4. The molecule has 6 atom stereocenters. The van der Waals surface area contributed by atoms with E-state index in [0.29, 0.717) is 11.8 Å². The van der Waals surface area contributed by atoms with Crippen molar-refractivity contribution in [2.75, 3.05) is 0 Å². The second-order valence-electron chi connectivity index (χ2n) is 6.51. The lowest BCUT2D eigenvalue weighted by molar-refractivity contribution is 0.242. The lowest BCUT2D eigenvalue weighted by Gasteiger charge is -2.24. The predicted molar refractivity (Wildman–Crippen MR) is 89.5 cm³/mol. The summed E-state index contributed by atoms with van der Waals surface area (Å²) in [7, 11) is 0. The highest BCUT2D eigenvalue weighted by Gasteiger charge is 2.67. The molecule has 2 bridgehead atoms. The number of fused-ring (bicyclic) bond motifs is 2. The Morgan fingerprint density at radius 2 is 1.29 bits per heavy atom. The number of nitrogens with two attached hydrogens (primary N) is 2. The molecule has 0 amide bonds. The standard InChI is InChI=1S/C13H18N6S2/c14-12(20)18-16-8-2-4-5-3-9(17-19-13(15)21)11-7(5)1-6(4)10(8)11/h4-7,10-11H,1-3H2,(H3,14,18,20)(H3,15,19,21)/b16-8-,17-9-. The van der Waals surface area contributed by atoms with E-state index in [2.05, 4.69) is 21.1 Å². The van der Waals surface area contributed by atoms with Crippen LogP contribution in [0, 0.1) is 35.5 Å². The van der Waals surface area contributed by atoms with Crippen molar-refractivity contribution in [2.24, 2.45) is 57.2 Å². The Morgan fingerprint density at radius 1 is 0.857 bits per heavy atom. The molecular weight excluding hydrogens is 304 g/mol. The van der Waals surface area contributed by atoms with Crippen molar-refractivity contribution in [1.29, 1.82) is 0 Å². The van der Waals surface area contributed by atoms with E-state index in [1.54, 1.807) is 0 Å². The molecule has 112 valence electrons. The molecule has 4 fully saturated rings. The van der Waals surface area contributed by atoms with E-state index < -0.39 is 0 Å². The van der Waals surface area contributed by atoms with Gasteiger partial charge >= 0.3 is 0 Å². The van der Waals surface area contributed by atoms with Crippen molar-refractivity contribution >= 4 is 46.1 Å². The van der Waals surface area contributed by atoms with Crippen LogP contribution in [0.1, 0.15) is 19.3 Å².